The van der Waals surface area contributed by atoms with Gasteiger partial charge in [-0.05, 0) is 6.42 Å². The molecule has 0 aliphatic carbocycles. The number of hydrogen-bond donors (Lipinski definition) is 0. The number of carboxylic acid groups (broad SMARTS) is 1. The van der Waals surface area contributed by atoms with Gasteiger partial charge in [-0.15, -0.1) is 0 Å². The molecule has 0 aliphatic rings. The molecule has 0 bridgehead atoms. The van der Waals surface area contributed by atoms with E-state index < -0.39 is 23.6 Å². The Bertz CT molecular complexity index is 234. The van der Waals surface area contributed by atoms with Crippen LogP contribution in [0.2, 0.25) is 0 Å². The Balaban J connectivity index is 0. The maximum atomic E-state index is 11.7. The van der Waals surface area contributed by atoms with E-state index in [0.29, 0.717) is 0 Å². The molecule has 1 unspecified atom stereocenters. The zero-order valence-electron chi connectivity index (χ0n) is 9.73. The molecule has 0 fully saturated rings. The van der Waals surface area contributed by atoms with E-state index in [-0.39, 0.29) is 28.1 Å². The van der Waals surface area contributed by atoms with Crippen LogP contribution in [-0.4, -0.2) is 45.0 Å². The first-order chi connectivity index (χ1) is 6.99. The van der Waals surface area contributed by atoms with Crippen molar-refractivity contribution in [3.8, 4) is 0 Å². The molecule has 0 aliphatic heterocycles. The summed E-state index contributed by atoms with van der Waals surface area (Å²) in [5.74, 6) is -2.42. The van der Waals surface area contributed by atoms with Crippen LogP contribution in [0.1, 0.15) is 13.3 Å². The van der Waals surface area contributed by atoms with Crippen molar-refractivity contribution in [2.75, 3.05) is 21.3 Å². The first kappa shape index (κ1) is 18.1. The van der Waals surface area contributed by atoms with E-state index in [9.17, 15) is 14.7 Å². The Labute approximate surface area is 109 Å². The molecular formula is C9H15O6Ti-. The van der Waals surface area contributed by atoms with Crippen LogP contribution in [0, 0.1) is 0 Å². The van der Waals surface area contributed by atoms with Crippen LogP contribution in [0.15, 0.2) is 0 Å². The molecular weight excluding hydrogens is 252 g/mol. The third kappa shape index (κ3) is 3.36. The van der Waals surface area contributed by atoms with Crippen LogP contribution in [0.5, 0.6) is 0 Å². The van der Waals surface area contributed by atoms with Crippen LogP contribution in [0.4, 0.5) is 0 Å². The van der Waals surface area contributed by atoms with E-state index in [0.717, 1.165) is 7.11 Å². The van der Waals surface area contributed by atoms with E-state index in [1.165, 1.54) is 21.1 Å². The Morgan fingerprint density at radius 2 is 1.69 bits per heavy atom. The maximum Gasteiger partial charge on any atom is 0.226 e. The Kier molecular flexibility index (Phi) is 8.96. The van der Waals surface area contributed by atoms with Gasteiger partial charge in [0.05, 0.1) is 5.97 Å². The molecule has 0 saturated heterocycles. The van der Waals surface area contributed by atoms with Gasteiger partial charge in [-0.3, -0.25) is 4.79 Å². The van der Waals surface area contributed by atoms with Crippen molar-refractivity contribution in [1.82, 2.24) is 0 Å². The van der Waals surface area contributed by atoms with Crippen molar-refractivity contribution in [1.29, 1.82) is 0 Å². The smallest absolute Gasteiger partial charge is 0.226 e. The number of Topliss-reactive ketones (excluding diaryl/α,β-unsaturated/α-hetero) is 1. The Morgan fingerprint density at radius 3 is 1.88 bits per heavy atom. The van der Waals surface area contributed by atoms with E-state index in [1.54, 1.807) is 0 Å². The summed E-state index contributed by atoms with van der Waals surface area (Å²) in [5, 5.41) is 10.9. The molecule has 0 aromatic rings. The van der Waals surface area contributed by atoms with Crippen molar-refractivity contribution >= 4 is 11.8 Å². The molecule has 0 amide bonds. The summed E-state index contributed by atoms with van der Waals surface area (Å²) in [6, 6.07) is 0. The second-order valence-corrected chi connectivity index (χ2v) is 2.84. The molecule has 0 radical (unpaired) electrons. The number of hydrogen-bond acceptors (Lipinski definition) is 6. The van der Waals surface area contributed by atoms with E-state index in [4.69, 9.17) is 4.74 Å². The van der Waals surface area contributed by atoms with Gasteiger partial charge in [-0.2, -0.15) is 0 Å². The van der Waals surface area contributed by atoms with Gasteiger partial charge < -0.3 is 24.1 Å². The number of carboxylic acids is 1. The van der Waals surface area contributed by atoms with Crippen LogP contribution in [0.25, 0.3) is 0 Å². The van der Waals surface area contributed by atoms with Gasteiger partial charge in [0.1, 0.15) is 0 Å². The zero-order valence-corrected chi connectivity index (χ0v) is 11.3. The Hall–Kier alpha value is -0.266. The monoisotopic (exact) mass is 267 g/mol. The van der Waals surface area contributed by atoms with Crippen LogP contribution >= 0.6 is 0 Å². The molecule has 1 atom stereocenters. The maximum absolute atomic E-state index is 11.7. The van der Waals surface area contributed by atoms with Gasteiger partial charge in [-0.25, -0.2) is 0 Å². The van der Waals surface area contributed by atoms with Gasteiger partial charge in [0.2, 0.25) is 12.1 Å². The number of carbonyl (C=O) groups is 2. The number of carbonyl (C=O) groups excluding carboxylic acids is 2. The summed E-state index contributed by atoms with van der Waals surface area (Å²) in [6.45, 7) is 1.50. The first-order valence-corrected chi connectivity index (χ1v) is 4.36. The van der Waals surface area contributed by atoms with Crippen molar-refractivity contribution in [2.24, 2.45) is 0 Å². The van der Waals surface area contributed by atoms with E-state index in [2.05, 4.69) is 9.47 Å². The molecule has 0 saturated carbocycles. The molecule has 0 spiro atoms. The third-order valence-electron chi connectivity index (χ3n) is 2.22. The van der Waals surface area contributed by atoms with Crippen molar-refractivity contribution in [3.63, 3.8) is 0 Å². The minimum Gasteiger partial charge on any atom is -0.546 e. The molecule has 0 rings (SSSR count). The van der Waals surface area contributed by atoms with Gasteiger partial charge in [-0.1, -0.05) is 6.92 Å². The number of ether oxygens (including phenoxy) is 3. The van der Waals surface area contributed by atoms with Gasteiger partial charge >= 0.3 is 0 Å². The topological polar surface area (TPSA) is 84.9 Å². The zero-order chi connectivity index (χ0) is 12.1. The summed E-state index contributed by atoms with van der Waals surface area (Å²) in [6.07, 6.45) is -1.34. The molecule has 16 heavy (non-hydrogen) atoms. The fourth-order valence-corrected chi connectivity index (χ4v) is 1.25. The largest absolute Gasteiger partial charge is 0.546 e. The summed E-state index contributed by atoms with van der Waals surface area (Å²) in [7, 11) is 3.59. The number of aliphatic carboxylic acids is 1. The predicted octanol–water partition coefficient (Wildman–Crippen LogP) is -1.28. The molecule has 0 N–H and O–H groups in total. The summed E-state index contributed by atoms with van der Waals surface area (Å²) in [5.41, 5.74) is -2.02. The second-order valence-electron chi connectivity index (χ2n) is 2.84. The molecule has 7 heteroatoms. The minimum atomic E-state index is -2.02. The van der Waals surface area contributed by atoms with Gasteiger partial charge in [0.15, 0.2) is 5.60 Å². The standard InChI is InChI=1S/C9H16O6.Ti/c1-5-9(15-4,8(11)12)6(10)7(13-2)14-3;/h7H,5H2,1-4H3,(H,11,12);/p-1. The van der Waals surface area contributed by atoms with E-state index >= 15 is 0 Å². The van der Waals surface area contributed by atoms with Crippen molar-refractivity contribution < 1.29 is 50.6 Å². The molecule has 0 heterocycles. The van der Waals surface area contributed by atoms with Crippen LogP contribution in [0.3, 0.4) is 0 Å². The number of methoxy groups -OCH3 is 3. The van der Waals surface area contributed by atoms with Gasteiger partial charge in [0, 0.05) is 43.0 Å². The summed E-state index contributed by atoms with van der Waals surface area (Å²) in [4.78, 5) is 22.6. The predicted molar refractivity (Wildman–Crippen MR) is 47.9 cm³/mol. The van der Waals surface area contributed by atoms with E-state index in [1.807, 2.05) is 0 Å². The fourth-order valence-electron chi connectivity index (χ4n) is 1.25. The average Bonchev–Trinajstić information content (AvgIpc) is 2.22. The minimum absolute atomic E-state index is 0. The van der Waals surface area contributed by atoms with Crippen LogP contribution in [-0.2, 0) is 45.5 Å². The third-order valence-corrected chi connectivity index (χ3v) is 2.22. The average molecular weight is 267 g/mol. The number of ketones is 1. The second kappa shape index (κ2) is 7.92. The fraction of sp³-hybridized carbons (Fsp3) is 0.778. The Morgan fingerprint density at radius 1 is 1.25 bits per heavy atom. The summed E-state index contributed by atoms with van der Waals surface area (Å²) >= 11 is 0. The quantitative estimate of drug-likeness (QED) is 0.324. The summed E-state index contributed by atoms with van der Waals surface area (Å²) < 4.78 is 14.1. The molecule has 0 aromatic carbocycles. The molecule has 92 valence electrons. The van der Waals surface area contributed by atoms with Gasteiger partial charge in [0.25, 0.3) is 0 Å². The van der Waals surface area contributed by atoms with Crippen LogP contribution < -0.4 is 5.11 Å². The van der Waals surface area contributed by atoms with Crippen molar-refractivity contribution in [2.45, 2.75) is 25.2 Å². The first-order valence-electron chi connectivity index (χ1n) is 4.36. The number of rotatable bonds is 7. The normalized spacial score (nSPS) is 14.1. The van der Waals surface area contributed by atoms with Crippen molar-refractivity contribution in [3.05, 3.63) is 0 Å². The molecule has 0 aromatic heterocycles. The molecule has 6 nitrogen and oxygen atoms in total. The SMILES string of the molecule is CCC(OC)(C(=O)[O-])C(=O)C(OC)OC.[Ti].